The van der Waals surface area contributed by atoms with Crippen LogP contribution in [0.25, 0.3) is 0 Å². The van der Waals surface area contributed by atoms with E-state index in [4.69, 9.17) is 4.74 Å². The fourth-order valence-electron chi connectivity index (χ4n) is 2.89. The number of carbonyl (C=O) groups excluding carboxylic acids is 1. The summed E-state index contributed by atoms with van der Waals surface area (Å²) in [6.45, 7) is 5.55. The molecule has 0 aliphatic carbocycles. The van der Waals surface area contributed by atoms with E-state index in [1.807, 2.05) is 0 Å². The van der Waals surface area contributed by atoms with Crippen LogP contribution in [-0.2, 0) is 9.53 Å². The largest absolute Gasteiger partial charge is 0.480 e. The number of rotatable bonds is 2. The lowest BCUT2D eigenvalue weighted by atomic mass is 9.83. The third-order valence-corrected chi connectivity index (χ3v) is 3.81. The Hall–Kier alpha value is -2.11. The van der Waals surface area contributed by atoms with Gasteiger partial charge in [0.25, 0.3) is 0 Å². The van der Waals surface area contributed by atoms with Crippen LogP contribution in [0.4, 0.5) is 9.18 Å². The van der Waals surface area contributed by atoms with Gasteiger partial charge in [-0.15, -0.1) is 0 Å². The molecule has 1 saturated heterocycles. The first-order valence-electron chi connectivity index (χ1n) is 7.67. The highest BCUT2D eigenvalue weighted by Crippen LogP contribution is 2.34. The zero-order valence-corrected chi connectivity index (χ0v) is 13.6. The molecule has 126 valence electrons. The summed E-state index contributed by atoms with van der Waals surface area (Å²) in [5.74, 6) is -1.83. The molecule has 0 radical (unpaired) electrons. The maximum Gasteiger partial charge on any atom is 0.411 e. The highest BCUT2D eigenvalue weighted by molar-refractivity contribution is 5.81. The van der Waals surface area contributed by atoms with Crippen molar-refractivity contribution in [2.24, 2.45) is 0 Å². The molecule has 2 unspecified atom stereocenters. The van der Waals surface area contributed by atoms with Gasteiger partial charge in [0.2, 0.25) is 0 Å². The molecule has 0 saturated carbocycles. The highest BCUT2D eigenvalue weighted by Gasteiger charge is 2.41. The molecular weight excluding hydrogens is 301 g/mol. The number of carboxylic acids is 1. The zero-order valence-electron chi connectivity index (χ0n) is 13.6. The van der Waals surface area contributed by atoms with E-state index >= 15 is 0 Å². The average Bonchev–Trinajstić information content (AvgIpc) is 2.45. The molecule has 1 aliphatic rings. The van der Waals surface area contributed by atoms with Crippen molar-refractivity contribution in [1.29, 1.82) is 0 Å². The fourth-order valence-corrected chi connectivity index (χ4v) is 2.89. The van der Waals surface area contributed by atoms with Gasteiger partial charge in [-0.3, -0.25) is 4.90 Å². The third-order valence-electron chi connectivity index (χ3n) is 3.81. The van der Waals surface area contributed by atoms with Crippen LogP contribution in [0.2, 0.25) is 0 Å². The number of ether oxygens (including phenoxy) is 1. The first kappa shape index (κ1) is 17.2. The maximum atomic E-state index is 13.1. The quantitative estimate of drug-likeness (QED) is 0.906. The van der Waals surface area contributed by atoms with Crippen LogP contribution in [0, 0.1) is 5.82 Å². The van der Waals surface area contributed by atoms with Crippen molar-refractivity contribution in [1.82, 2.24) is 4.90 Å². The summed E-state index contributed by atoms with van der Waals surface area (Å²) in [6, 6.07) is 4.76. The molecule has 1 aliphatic heterocycles. The van der Waals surface area contributed by atoms with Gasteiger partial charge in [0.05, 0.1) is 0 Å². The number of benzene rings is 1. The number of likely N-dealkylation sites (tertiary alicyclic amines) is 1. The minimum absolute atomic E-state index is 0.337. The van der Waals surface area contributed by atoms with Crippen LogP contribution < -0.4 is 0 Å². The molecule has 23 heavy (non-hydrogen) atoms. The summed E-state index contributed by atoms with van der Waals surface area (Å²) in [6.07, 6.45) is 0.671. The van der Waals surface area contributed by atoms with Gasteiger partial charge < -0.3 is 9.84 Å². The van der Waals surface area contributed by atoms with Crippen molar-refractivity contribution in [3.8, 4) is 0 Å². The molecule has 0 aromatic heterocycles. The van der Waals surface area contributed by atoms with E-state index in [0.29, 0.717) is 24.9 Å². The monoisotopic (exact) mass is 323 g/mol. The molecule has 1 fully saturated rings. The van der Waals surface area contributed by atoms with Gasteiger partial charge in [-0.25, -0.2) is 14.0 Å². The number of halogens is 1. The predicted octanol–water partition coefficient (Wildman–Crippen LogP) is 3.39. The summed E-state index contributed by atoms with van der Waals surface area (Å²) in [5.41, 5.74) is 0.0234. The molecule has 1 heterocycles. The molecule has 0 bridgehead atoms. The van der Waals surface area contributed by atoms with Gasteiger partial charge >= 0.3 is 12.1 Å². The number of hydrogen-bond donors (Lipinski definition) is 1. The SMILES string of the molecule is CC(C)(C)OC(=O)N1CCCC(c2ccc(F)cc2)C1C(=O)O. The van der Waals surface area contributed by atoms with Gasteiger partial charge in [-0.2, -0.15) is 0 Å². The predicted molar refractivity (Wildman–Crippen MR) is 82.7 cm³/mol. The molecular formula is C17H22FNO4. The Labute approximate surface area is 135 Å². The molecule has 1 N–H and O–H groups in total. The number of piperidine rings is 1. The van der Waals surface area contributed by atoms with Crippen LogP contribution in [0.3, 0.4) is 0 Å². The molecule has 1 aromatic carbocycles. The summed E-state index contributed by atoms with van der Waals surface area (Å²) in [5, 5.41) is 9.62. The number of carboxylic acid groups (broad SMARTS) is 1. The summed E-state index contributed by atoms with van der Waals surface area (Å²) in [4.78, 5) is 25.4. The van der Waals surface area contributed by atoms with Gasteiger partial charge in [0, 0.05) is 12.5 Å². The van der Waals surface area contributed by atoms with Crippen molar-refractivity contribution in [3.63, 3.8) is 0 Å². The second kappa shape index (κ2) is 6.56. The van der Waals surface area contributed by atoms with E-state index in [0.717, 1.165) is 0 Å². The van der Waals surface area contributed by atoms with E-state index in [9.17, 15) is 19.1 Å². The number of nitrogens with zero attached hydrogens (tertiary/aromatic N) is 1. The van der Waals surface area contributed by atoms with E-state index in [1.165, 1.54) is 17.0 Å². The van der Waals surface area contributed by atoms with E-state index in [2.05, 4.69) is 0 Å². The Kier molecular flexibility index (Phi) is 4.92. The fraction of sp³-hybridized carbons (Fsp3) is 0.529. The lowest BCUT2D eigenvalue weighted by Crippen LogP contribution is -2.53. The average molecular weight is 323 g/mol. The maximum absolute atomic E-state index is 13.1. The van der Waals surface area contributed by atoms with Crippen molar-refractivity contribution >= 4 is 12.1 Å². The minimum Gasteiger partial charge on any atom is -0.480 e. The number of carbonyl (C=O) groups is 2. The first-order valence-corrected chi connectivity index (χ1v) is 7.67. The van der Waals surface area contributed by atoms with Crippen molar-refractivity contribution in [2.75, 3.05) is 6.54 Å². The van der Waals surface area contributed by atoms with E-state index in [-0.39, 0.29) is 11.7 Å². The van der Waals surface area contributed by atoms with E-state index < -0.39 is 23.7 Å². The van der Waals surface area contributed by atoms with Crippen LogP contribution >= 0.6 is 0 Å². The number of aliphatic carboxylic acids is 1. The lowest BCUT2D eigenvalue weighted by Gasteiger charge is -2.39. The van der Waals surface area contributed by atoms with Crippen LogP contribution in [-0.4, -0.2) is 40.3 Å². The summed E-state index contributed by atoms with van der Waals surface area (Å²) >= 11 is 0. The third kappa shape index (κ3) is 4.21. The normalized spacial score (nSPS) is 21.8. The first-order chi connectivity index (χ1) is 10.7. The Morgan fingerprint density at radius 3 is 2.39 bits per heavy atom. The number of amides is 1. The van der Waals surface area contributed by atoms with Crippen molar-refractivity contribution in [3.05, 3.63) is 35.6 Å². The van der Waals surface area contributed by atoms with Gasteiger partial charge in [0.15, 0.2) is 0 Å². The highest BCUT2D eigenvalue weighted by atomic mass is 19.1. The van der Waals surface area contributed by atoms with Crippen LogP contribution in [0.1, 0.15) is 45.1 Å². The Morgan fingerprint density at radius 2 is 1.87 bits per heavy atom. The van der Waals surface area contributed by atoms with Crippen molar-refractivity contribution in [2.45, 2.75) is 51.2 Å². The van der Waals surface area contributed by atoms with E-state index in [1.54, 1.807) is 32.9 Å². The Morgan fingerprint density at radius 1 is 1.26 bits per heavy atom. The second-order valence-electron chi connectivity index (χ2n) is 6.76. The standard InChI is InChI=1S/C17H22FNO4/c1-17(2,3)23-16(22)19-10-4-5-13(14(19)15(20)21)11-6-8-12(18)9-7-11/h6-9,13-14H,4-5,10H2,1-3H3,(H,20,21). The molecule has 2 atom stereocenters. The molecule has 5 nitrogen and oxygen atoms in total. The molecule has 1 amide bonds. The molecule has 2 rings (SSSR count). The van der Waals surface area contributed by atoms with Gasteiger partial charge in [0.1, 0.15) is 17.5 Å². The lowest BCUT2D eigenvalue weighted by molar-refractivity contribution is -0.145. The Bertz CT molecular complexity index is 579. The van der Waals surface area contributed by atoms with Crippen LogP contribution in [0.15, 0.2) is 24.3 Å². The van der Waals surface area contributed by atoms with Crippen molar-refractivity contribution < 1.29 is 23.8 Å². The summed E-state index contributed by atoms with van der Waals surface area (Å²) in [7, 11) is 0. The van der Waals surface area contributed by atoms with Gasteiger partial charge in [-0.05, 0) is 51.3 Å². The molecule has 1 aromatic rings. The minimum atomic E-state index is -1.08. The van der Waals surface area contributed by atoms with Gasteiger partial charge in [-0.1, -0.05) is 12.1 Å². The zero-order chi connectivity index (χ0) is 17.2. The second-order valence-corrected chi connectivity index (χ2v) is 6.76. The molecule has 0 spiro atoms. The summed E-state index contributed by atoms with van der Waals surface area (Å²) < 4.78 is 18.4. The van der Waals surface area contributed by atoms with Crippen LogP contribution in [0.5, 0.6) is 0 Å². The number of hydrogen-bond acceptors (Lipinski definition) is 3. The molecule has 6 heteroatoms. The topological polar surface area (TPSA) is 66.8 Å². The Balaban J connectivity index is 2.28. The smallest absolute Gasteiger partial charge is 0.411 e.